The van der Waals surface area contributed by atoms with Crippen molar-refractivity contribution >= 4 is 30.1 Å². The van der Waals surface area contributed by atoms with Crippen LogP contribution in [0.3, 0.4) is 0 Å². The fraction of sp³-hybridized carbons (Fsp3) is 0. The van der Waals surface area contributed by atoms with Crippen molar-refractivity contribution in [3.8, 4) is 5.75 Å². The third-order valence-corrected chi connectivity index (χ3v) is 4.30. The second kappa shape index (κ2) is 10.4. The maximum atomic E-state index is 12.7. The molecule has 0 radical (unpaired) electrons. The quantitative estimate of drug-likeness (QED) is 0.261. The molecule has 0 fully saturated rings. The first-order valence-corrected chi connectivity index (χ1v) is 9.47. The molecule has 0 aliphatic rings. The Bertz CT molecular complexity index is 1190. The number of aromatic hydroxyl groups is 1. The largest absolute Gasteiger partial charge is 0.507 e. The smallest absolute Gasteiger partial charge is 0.335 e. The Morgan fingerprint density at radius 1 is 0.812 bits per heavy atom. The van der Waals surface area contributed by atoms with Crippen molar-refractivity contribution < 1.29 is 24.6 Å². The molecule has 0 saturated heterocycles. The summed E-state index contributed by atoms with van der Waals surface area (Å²) in [6.45, 7) is 0. The van der Waals surface area contributed by atoms with E-state index in [1.165, 1.54) is 42.6 Å². The van der Waals surface area contributed by atoms with Gasteiger partial charge >= 0.3 is 5.97 Å². The molecular weight excluding hydrogens is 410 g/mol. The van der Waals surface area contributed by atoms with Crippen LogP contribution < -0.4 is 10.7 Å². The van der Waals surface area contributed by atoms with Gasteiger partial charge in [-0.25, -0.2) is 10.2 Å². The number of phenolic OH excluding ortho intramolecular Hbond substituents is 1. The molecule has 0 aliphatic carbocycles. The lowest BCUT2D eigenvalue weighted by molar-refractivity contribution is -0.117. The zero-order valence-corrected chi connectivity index (χ0v) is 16.7. The average Bonchev–Trinajstić information content (AvgIpc) is 2.80. The highest BCUT2D eigenvalue weighted by atomic mass is 16.4. The molecule has 0 aliphatic heterocycles. The highest BCUT2D eigenvalue weighted by Crippen LogP contribution is 2.18. The lowest BCUT2D eigenvalue weighted by Crippen LogP contribution is -2.32. The molecule has 0 saturated carbocycles. The first kappa shape index (κ1) is 22.0. The van der Waals surface area contributed by atoms with Crippen molar-refractivity contribution in [2.45, 2.75) is 0 Å². The van der Waals surface area contributed by atoms with Gasteiger partial charge in [0.2, 0.25) is 0 Å². The summed E-state index contributed by atoms with van der Waals surface area (Å²) in [6.07, 6.45) is 2.67. The van der Waals surface area contributed by atoms with Crippen molar-refractivity contribution in [1.29, 1.82) is 0 Å². The number of nitrogens with one attached hydrogen (secondary N) is 2. The molecule has 0 aromatic heterocycles. The summed E-state index contributed by atoms with van der Waals surface area (Å²) < 4.78 is 0. The molecule has 8 heteroatoms. The number of phenols is 1. The topological polar surface area (TPSA) is 128 Å². The lowest BCUT2D eigenvalue weighted by atomic mass is 10.1. The summed E-state index contributed by atoms with van der Waals surface area (Å²) in [6, 6.07) is 20.6. The minimum Gasteiger partial charge on any atom is -0.507 e. The number of carbonyl (C=O) groups excluding carboxylic acids is 2. The van der Waals surface area contributed by atoms with Crippen LogP contribution in [0.2, 0.25) is 0 Å². The summed E-state index contributed by atoms with van der Waals surface area (Å²) in [7, 11) is 0. The van der Waals surface area contributed by atoms with E-state index in [0.29, 0.717) is 16.7 Å². The van der Waals surface area contributed by atoms with E-state index < -0.39 is 17.8 Å². The predicted molar refractivity (Wildman–Crippen MR) is 119 cm³/mol. The minimum absolute atomic E-state index is 0.0613. The van der Waals surface area contributed by atoms with Gasteiger partial charge in [0.05, 0.1) is 11.8 Å². The van der Waals surface area contributed by atoms with Crippen LogP contribution in [0.4, 0.5) is 0 Å². The van der Waals surface area contributed by atoms with Crippen molar-refractivity contribution in [3.63, 3.8) is 0 Å². The van der Waals surface area contributed by atoms with E-state index in [-0.39, 0.29) is 17.0 Å². The minimum atomic E-state index is -1.05. The molecule has 0 unspecified atom stereocenters. The zero-order chi connectivity index (χ0) is 22.9. The highest BCUT2D eigenvalue weighted by Gasteiger charge is 2.15. The molecule has 8 nitrogen and oxygen atoms in total. The van der Waals surface area contributed by atoms with Crippen molar-refractivity contribution in [3.05, 3.63) is 107 Å². The van der Waals surface area contributed by atoms with Crippen LogP contribution in [0, 0.1) is 0 Å². The van der Waals surface area contributed by atoms with Crippen molar-refractivity contribution in [2.24, 2.45) is 5.10 Å². The number of rotatable bonds is 7. The van der Waals surface area contributed by atoms with Crippen LogP contribution in [0.5, 0.6) is 5.75 Å². The average molecular weight is 429 g/mol. The van der Waals surface area contributed by atoms with Crippen LogP contribution in [-0.2, 0) is 4.79 Å². The monoisotopic (exact) mass is 429 g/mol. The Balaban J connectivity index is 1.79. The maximum Gasteiger partial charge on any atom is 0.335 e. The van der Waals surface area contributed by atoms with Crippen molar-refractivity contribution in [2.75, 3.05) is 0 Å². The number of para-hydroxylation sites is 1. The Morgan fingerprint density at radius 2 is 1.47 bits per heavy atom. The van der Waals surface area contributed by atoms with Crippen LogP contribution >= 0.6 is 0 Å². The summed E-state index contributed by atoms with van der Waals surface area (Å²) in [5.74, 6) is -2.32. The normalized spacial score (nSPS) is 11.2. The summed E-state index contributed by atoms with van der Waals surface area (Å²) in [5.41, 5.74) is 3.57. The van der Waals surface area contributed by atoms with Gasteiger partial charge in [-0.1, -0.05) is 48.5 Å². The number of amides is 2. The number of carboxylic acid groups (broad SMARTS) is 1. The molecule has 0 atom stereocenters. The van der Waals surface area contributed by atoms with Gasteiger partial charge in [0, 0.05) is 11.1 Å². The summed E-state index contributed by atoms with van der Waals surface area (Å²) >= 11 is 0. The van der Waals surface area contributed by atoms with E-state index in [4.69, 9.17) is 5.11 Å². The third kappa shape index (κ3) is 5.90. The number of carbonyl (C=O) groups is 3. The molecule has 3 aromatic rings. The van der Waals surface area contributed by atoms with E-state index >= 15 is 0 Å². The molecular formula is C24H19N3O5. The van der Waals surface area contributed by atoms with Gasteiger partial charge in [-0.3, -0.25) is 9.59 Å². The molecule has 160 valence electrons. The van der Waals surface area contributed by atoms with Gasteiger partial charge in [0.15, 0.2) is 0 Å². The highest BCUT2D eigenvalue weighted by molar-refractivity contribution is 6.05. The molecule has 4 N–H and O–H groups in total. The lowest BCUT2D eigenvalue weighted by Gasteiger charge is -2.09. The molecule has 0 spiro atoms. The Labute approximate surface area is 183 Å². The van der Waals surface area contributed by atoms with Gasteiger partial charge in [-0.05, 0) is 42.0 Å². The van der Waals surface area contributed by atoms with Gasteiger partial charge in [0.25, 0.3) is 11.8 Å². The van der Waals surface area contributed by atoms with E-state index in [0.717, 1.165) is 0 Å². The maximum absolute atomic E-state index is 12.7. The van der Waals surface area contributed by atoms with Crippen molar-refractivity contribution in [1.82, 2.24) is 10.7 Å². The Morgan fingerprint density at radius 3 is 2.12 bits per heavy atom. The van der Waals surface area contributed by atoms with Crippen LogP contribution in [0.1, 0.15) is 31.8 Å². The Kier molecular flexibility index (Phi) is 7.11. The Hall–Kier alpha value is -4.72. The van der Waals surface area contributed by atoms with Gasteiger partial charge in [-0.15, -0.1) is 0 Å². The van der Waals surface area contributed by atoms with Crippen LogP contribution in [-0.4, -0.2) is 34.2 Å². The van der Waals surface area contributed by atoms with Gasteiger partial charge < -0.3 is 15.5 Å². The number of hydrogen-bond acceptors (Lipinski definition) is 5. The number of hydrazone groups is 1. The molecule has 32 heavy (non-hydrogen) atoms. The number of aromatic carboxylic acids is 1. The summed E-state index contributed by atoms with van der Waals surface area (Å²) in [5, 5.41) is 25.3. The van der Waals surface area contributed by atoms with E-state index in [1.807, 2.05) is 0 Å². The number of carboxylic acids is 1. The van der Waals surface area contributed by atoms with Crippen LogP contribution in [0.15, 0.2) is 89.7 Å². The molecule has 3 aromatic carbocycles. The van der Waals surface area contributed by atoms with E-state index in [9.17, 15) is 19.5 Å². The number of benzene rings is 3. The molecule has 0 heterocycles. The third-order valence-electron chi connectivity index (χ3n) is 4.30. The summed E-state index contributed by atoms with van der Waals surface area (Å²) in [4.78, 5) is 36.1. The van der Waals surface area contributed by atoms with Gasteiger partial charge in [-0.2, -0.15) is 5.10 Å². The SMILES string of the molecule is O=C(NN=Cc1ccc(C(=O)O)cc1)C(=Cc1ccccc1O)NC(=O)c1ccccc1. The van der Waals surface area contributed by atoms with E-state index in [2.05, 4.69) is 15.8 Å². The van der Waals surface area contributed by atoms with E-state index in [1.54, 1.807) is 48.5 Å². The molecule has 0 bridgehead atoms. The molecule has 3 rings (SSSR count). The second-order valence-corrected chi connectivity index (χ2v) is 6.56. The first-order valence-electron chi connectivity index (χ1n) is 9.47. The predicted octanol–water partition coefficient (Wildman–Crippen LogP) is 3.01. The zero-order valence-electron chi connectivity index (χ0n) is 16.7. The number of nitrogens with zero attached hydrogens (tertiary/aromatic N) is 1. The van der Waals surface area contributed by atoms with Crippen LogP contribution in [0.25, 0.3) is 6.08 Å². The fourth-order valence-electron chi connectivity index (χ4n) is 2.64. The second-order valence-electron chi connectivity index (χ2n) is 6.56. The first-order chi connectivity index (χ1) is 15.4. The molecule has 2 amide bonds. The standard InChI is InChI=1S/C24H19N3O5/c28-21-9-5-4-8-19(21)14-20(26-22(29)17-6-2-1-3-7-17)23(30)27-25-15-16-10-12-18(13-11-16)24(31)32/h1-15,28H,(H,26,29)(H,27,30)(H,31,32). The van der Waals surface area contributed by atoms with Gasteiger partial charge in [0.1, 0.15) is 11.4 Å². The number of hydrogen-bond donors (Lipinski definition) is 4. The fourth-order valence-corrected chi connectivity index (χ4v) is 2.64.